The standard InChI is InChI=1S/C7H12BF/c1-2-7(6-8)4-3-5-9/h2-4H,5-6,8H2,1H3/b4-3-,7-2+. The molecule has 0 aromatic rings. The zero-order valence-electron chi connectivity index (χ0n) is 6.02. The summed E-state index contributed by atoms with van der Waals surface area (Å²) in [5.74, 6) is 0. The molecule has 0 fully saturated rings. The Morgan fingerprint density at radius 1 is 1.67 bits per heavy atom. The summed E-state index contributed by atoms with van der Waals surface area (Å²) < 4.78 is 11.5. The minimum atomic E-state index is -0.364. The Morgan fingerprint density at radius 3 is 2.67 bits per heavy atom. The Kier molecular flexibility index (Phi) is 5.28. The topological polar surface area (TPSA) is 0 Å². The van der Waals surface area contributed by atoms with Crippen molar-refractivity contribution in [2.45, 2.75) is 13.2 Å². The fourth-order valence-electron chi connectivity index (χ4n) is 0.614. The van der Waals surface area contributed by atoms with Gasteiger partial charge >= 0.3 is 0 Å². The lowest BCUT2D eigenvalue weighted by molar-refractivity contribution is 0.561. The first-order chi connectivity index (χ1) is 4.35. The zero-order chi connectivity index (χ0) is 7.11. The lowest BCUT2D eigenvalue weighted by Gasteiger charge is -1.90. The van der Waals surface area contributed by atoms with Gasteiger partial charge in [0.05, 0.1) is 0 Å². The van der Waals surface area contributed by atoms with Crippen LogP contribution in [0, 0.1) is 0 Å². The van der Waals surface area contributed by atoms with Crippen LogP contribution in [0.4, 0.5) is 4.39 Å². The van der Waals surface area contributed by atoms with Crippen molar-refractivity contribution in [2.24, 2.45) is 0 Å². The molecule has 0 saturated carbocycles. The van der Waals surface area contributed by atoms with Crippen LogP contribution in [0.3, 0.4) is 0 Å². The lowest BCUT2D eigenvalue weighted by atomic mass is 9.96. The summed E-state index contributed by atoms with van der Waals surface area (Å²) in [6, 6.07) is 0. The molecule has 0 unspecified atom stereocenters. The quantitative estimate of drug-likeness (QED) is 0.397. The van der Waals surface area contributed by atoms with Crippen LogP contribution in [0.1, 0.15) is 6.92 Å². The molecule has 0 heterocycles. The van der Waals surface area contributed by atoms with E-state index in [4.69, 9.17) is 0 Å². The van der Waals surface area contributed by atoms with Gasteiger partial charge in [0, 0.05) is 0 Å². The maximum absolute atomic E-state index is 11.5. The van der Waals surface area contributed by atoms with Gasteiger partial charge in [-0.1, -0.05) is 30.1 Å². The Morgan fingerprint density at radius 2 is 2.33 bits per heavy atom. The molecule has 0 rings (SSSR count). The Bertz CT molecular complexity index is 116. The van der Waals surface area contributed by atoms with Gasteiger partial charge in [-0.25, -0.2) is 4.39 Å². The molecule has 0 atom stereocenters. The summed E-state index contributed by atoms with van der Waals surface area (Å²) in [7, 11) is 2.05. The summed E-state index contributed by atoms with van der Waals surface area (Å²) in [5.41, 5.74) is 1.19. The first kappa shape index (κ1) is 8.47. The molecule has 50 valence electrons. The van der Waals surface area contributed by atoms with E-state index in [1.807, 2.05) is 19.1 Å². The van der Waals surface area contributed by atoms with Gasteiger partial charge in [-0.15, -0.1) is 0 Å². The fourth-order valence-corrected chi connectivity index (χ4v) is 0.614. The van der Waals surface area contributed by atoms with Gasteiger partial charge in [0.15, 0.2) is 0 Å². The highest BCUT2D eigenvalue weighted by atomic mass is 19.1. The van der Waals surface area contributed by atoms with Crippen LogP contribution in [-0.2, 0) is 0 Å². The molecule has 0 aliphatic carbocycles. The molecule has 0 spiro atoms. The average molecular weight is 126 g/mol. The molecule has 0 amide bonds. The van der Waals surface area contributed by atoms with E-state index in [-0.39, 0.29) is 6.67 Å². The molecule has 0 aliphatic heterocycles. The maximum Gasteiger partial charge on any atom is 0.108 e. The second-order valence-corrected chi connectivity index (χ2v) is 1.77. The van der Waals surface area contributed by atoms with E-state index in [1.165, 1.54) is 11.6 Å². The molecule has 0 aromatic heterocycles. The van der Waals surface area contributed by atoms with Gasteiger partial charge in [-0.3, -0.25) is 0 Å². The third kappa shape index (κ3) is 4.01. The van der Waals surface area contributed by atoms with E-state index in [2.05, 4.69) is 7.85 Å². The van der Waals surface area contributed by atoms with Gasteiger partial charge in [0.1, 0.15) is 14.5 Å². The summed E-state index contributed by atoms with van der Waals surface area (Å²) >= 11 is 0. The van der Waals surface area contributed by atoms with Gasteiger partial charge in [-0.05, 0) is 6.92 Å². The van der Waals surface area contributed by atoms with Gasteiger partial charge in [0.2, 0.25) is 0 Å². The zero-order valence-corrected chi connectivity index (χ0v) is 6.02. The van der Waals surface area contributed by atoms with E-state index in [0.29, 0.717) is 0 Å². The minimum absolute atomic E-state index is 0.364. The van der Waals surface area contributed by atoms with Crippen molar-refractivity contribution in [1.82, 2.24) is 0 Å². The Balaban J connectivity index is 3.70. The molecule has 2 heteroatoms. The van der Waals surface area contributed by atoms with Crippen molar-refractivity contribution in [3.63, 3.8) is 0 Å². The summed E-state index contributed by atoms with van der Waals surface area (Å²) in [4.78, 5) is 0. The summed E-state index contributed by atoms with van der Waals surface area (Å²) in [6.07, 6.45) is 6.32. The number of rotatable bonds is 3. The van der Waals surface area contributed by atoms with Crippen molar-refractivity contribution < 1.29 is 4.39 Å². The second kappa shape index (κ2) is 5.61. The summed E-state index contributed by atoms with van der Waals surface area (Å²) in [5, 5.41) is 0. The van der Waals surface area contributed by atoms with Gasteiger partial charge in [0.25, 0.3) is 0 Å². The molecule has 0 radical (unpaired) electrons. The Hall–Kier alpha value is -0.525. The van der Waals surface area contributed by atoms with E-state index >= 15 is 0 Å². The molecular weight excluding hydrogens is 114 g/mol. The fraction of sp³-hybridized carbons (Fsp3) is 0.429. The molecule has 0 bridgehead atoms. The van der Waals surface area contributed by atoms with E-state index in [0.717, 1.165) is 6.32 Å². The highest BCUT2D eigenvalue weighted by molar-refractivity contribution is 6.10. The van der Waals surface area contributed by atoms with Crippen LogP contribution in [0.15, 0.2) is 23.8 Å². The second-order valence-electron chi connectivity index (χ2n) is 1.77. The largest absolute Gasteiger partial charge is 0.247 e. The van der Waals surface area contributed by atoms with Gasteiger partial charge in [-0.2, -0.15) is 0 Å². The predicted molar refractivity (Wildman–Crippen MR) is 42.2 cm³/mol. The third-order valence-electron chi connectivity index (χ3n) is 1.20. The van der Waals surface area contributed by atoms with Crippen molar-refractivity contribution in [2.75, 3.05) is 6.67 Å². The van der Waals surface area contributed by atoms with Crippen LogP contribution in [-0.4, -0.2) is 14.5 Å². The molecule has 0 nitrogen and oxygen atoms in total. The number of halogens is 1. The lowest BCUT2D eigenvalue weighted by Crippen LogP contribution is -1.74. The maximum atomic E-state index is 11.5. The number of hydrogen-bond acceptors (Lipinski definition) is 0. The molecule has 0 N–H and O–H groups in total. The Labute approximate surface area is 56.9 Å². The van der Waals surface area contributed by atoms with Crippen LogP contribution in [0.2, 0.25) is 6.32 Å². The minimum Gasteiger partial charge on any atom is -0.247 e. The van der Waals surface area contributed by atoms with Crippen LogP contribution in [0.25, 0.3) is 0 Å². The third-order valence-corrected chi connectivity index (χ3v) is 1.20. The monoisotopic (exact) mass is 126 g/mol. The van der Waals surface area contributed by atoms with Crippen molar-refractivity contribution in [3.8, 4) is 0 Å². The average Bonchev–Trinajstić information content (AvgIpc) is 1.91. The van der Waals surface area contributed by atoms with Crippen molar-refractivity contribution in [3.05, 3.63) is 23.8 Å². The smallest absolute Gasteiger partial charge is 0.108 e. The van der Waals surface area contributed by atoms with Crippen LogP contribution in [0.5, 0.6) is 0 Å². The molecule has 0 aromatic carbocycles. The molecule has 0 saturated heterocycles. The molecular formula is C7H12BF. The first-order valence-corrected chi connectivity index (χ1v) is 3.22. The van der Waals surface area contributed by atoms with E-state index in [1.54, 1.807) is 0 Å². The van der Waals surface area contributed by atoms with Crippen LogP contribution < -0.4 is 0 Å². The normalized spacial score (nSPS) is 12.9. The molecule has 0 aliphatic rings. The van der Waals surface area contributed by atoms with Crippen LogP contribution >= 0.6 is 0 Å². The van der Waals surface area contributed by atoms with Crippen molar-refractivity contribution >= 4 is 7.85 Å². The number of hydrogen-bond donors (Lipinski definition) is 0. The molecule has 9 heavy (non-hydrogen) atoms. The van der Waals surface area contributed by atoms with E-state index in [9.17, 15) is 4.39 Å². The van der Waals surface area contributed by atoms with Gasteiger partial charge < -0.3 is 0 Å². The van der Waals surface area contributed by atoms with E-state index < -0.39 is 0 Å². The number of alkyl halides is 1. The first-order valence-electron chi connectivity index (χ1n) is 3.22. The van der Waals surface area contributed by atoms with Crippen molar-refractivity contribution in [1.29, 1.82) is 0 Å². The number of allylic oxidation sites excluding steroid dienone is 4. The highest BCUT2D eigenvalue weighted by Gasteiger charge is 1.81. The SMILES string of the molecule is BCC(/C=C\CF)=C/C. The predicted octanol–water partition coefficient (Wildman–Crippen LogP) is 1.51. The summed E-state index contributed by atoms with van der Waals surface area (Å²) in [6.45, 7) is 1.60. The highest BCUT2D eigenvalue weighted by Crippen LogP contribution is 1.99.